The number of aromatic nitrogens is 2. The molecular weight excluding hydrogens is 361 g/mol. The minimum Gasteiger partial charge on any atom is -0.324 e. The molecule has 0 saturated heterocycles. The highest BCUT2D eigenvalue weighted by molar-refractivity contribution is 5.92. The molecule has 1 amide bonds. The molecule has 0 aliphatic rings. The zero-order valence-electron chi connectivity index (χ0n) is 16.0. The van der Waals surface area contributed by atoms with E-state index in [1.54, 1.807) is 31.2 Å². The topological polar surface area (TPSA) is 73.1 Å². The van der Waals surface area contributed by atoms with E-state index in [1.807, 2.05) is 13.8 Å². The zero-order chi connectivity index (χ0) is 20.4. The van der Waals surface area contributed by atoms with Gasteiger partial charge in [0.15, 0.2) is 0 Å². The van der Waals surface area contributed by atoms with Crippen LogP contribution in [-0.4, -0.2) is 15.0 Å². The fraction of sp³-hybridized carbons (Fsp3) is 0.286. The van der Waals surface area contributed by atoms with Crippen molar-refractivity contribution in [1.29, 1.82) is 0 Å². The second-order valence-corrected chi connectivity index (χ2v) is 7.20. The number of rotatable bonds is 5. The summed E-state index contributed by atoms with van der Waals surface area (Å²) in [5.41, 5.74) is 0.571. The Labute approximate surface area is 161 Å². The number of nitrogens with zero attached hydrogens (tertiary/aromatic N) is 2. The number of amides is 1. The van der Waals surface area contributed by atoms with Gasteiger partial charge in [0, 0.05) is 12.2 Å². The molecule has 1 N–H and O–H groups in total. The average molecular weight is 383 g/mol. The first-order chi connectivity index (χ1) is 13.3. The standard InChI is InChI=1S/C21H22FN3O3/c1-13(2)11-25-20(27)16-6-4-5-7-18(16)24(21(25)28)12-19(26)23-17-9-8-15(22)10-14(17)3/h4-10,13H,11-12H2,1-3H3,(H,23,26). The Balaban J connectivity index is 2.03. The quantitative estimate of drug-likeness (QED) is 0.736. The summed E-state index contributed by atoms with van der Waals surface area (Å²) in [6.07, 6.45) is 0. The molecule has 3 rings (SSSR count). The third-order valence-corrected chi connectivity index (χ3v) is 4.44. The molecule has 146 valence electrons. The molecule has 0 unspecified atom stereocenters. The van der Waals surface area contributed by atoms with Crippen LogP contribution in [0.2, 0.25) is 0 Å². The van der Waals surface area contributed by atoms with Crippen LogP contribution in [0.1, 0.15) is 19.4 Å². The number of hydrogen-bond donors (Lipinski definition) is 1. The van der Waals surface area contributed by atoms with E-state index >= 15 is 0 Å². The van der Waals surface area contributed by atoms with Crippen molar-refractivity contribution in [3.8, 4) is 0 Å². The second-order valence-electron chi connectivity index (χ2n) is 7.20. The van der Waals surface area contributed by atoms with Gasteiger partial charge in [-0.1, -0.05) is 26.0 Å². The van der Waals surface area contributed by atoms with Crippen LogP contribution in [0.15, 0.2) is 52.1 Å². The molecule has 0 atom stereocenters. The third-order valence-electron chi connectivity index (χ3n) is 4.44. The highest BCUT2D eigenvalue weighted by Crippen LogP contribution is 2.16. The van der Waals surface area contributed by atoms with E-state index in [4.69, 9.17) is 0 Å². The van der Waals surface area contributed by atoms with Crippen LogP contribution in [0.3, 0.4) is 0 Å². The largest absolute Gasteiger partial charge is 0.331 e. The zero-order valence-corrected chi connectivity index (χ0v) is 16.0. The van der Waals surface area contributed by atoms with Gasteiger partial charge in [-0.05, 0) is 48.7 Å². The molecule has 0 saturated carbocycles. The smallest absolute Gasteiger partial charge is 0.324 e. The summed E-state index contributed by atoms with van der Waals surface area (Å²) in [7, 11) is 0. The number of nitrogens with one attached hydrogen (secondary N) is 1. The van der Waals surface area contributed by atoms with Gasteiger partial charge >= 0.3 is 5.69 Å². The third kappa shape index (κ3) is 3.88. The molecule has 1 heterocycles. The number of hydrogen-bond acceptors (Lipinski definition) is 3. The summed E-state index contributed by atoms with van der Waals surface area (Å²) in [6.45, 7) is 5.52. The van der Waals surface area contributed by atoms with Gasteiger partial charge in [0.2, 0.25) is 5.91 Å². The lowest BCUT2D eigenvalue weighted by Gasteiger charge is -2.15. The molecule has 2 aromatic carbocycles. The predicted octanol–water partition coefficient (Wildman–Crippen LogP) is 2.91. The Kier molecular flexibility index (Phi) is 5.44. The van der Waals surface area contributed by atoms with E-state index in [1.165, 1.54) is 27.3 Å². The van der Waals surface area contributed by atoms with E-state index < -0.39 is 17.4 Å². The number of carbonyl (C=O) groups excluding carboxylic acids is 1. The number of halogens is 1. The maximum Gasteiger partial charge on any atom is 0.331 e. The minimum atomic E-state index is -0.525. The van der Waals surface area contributed by atoms with Crippen LogP contribution < -0.4 is 16.6 Å². The second kappa shape index (κ2) is 7.80. The van der Waals surface area contributed by atoms with Crippen LogP contribution in [-0.2, 0) is 17.9 Å². The van der Waals surface area contributed by atoms with Crippen LogP contribution >= 0.6 is 0 Å². The lowest BCUT2D eigenvalue weighted by Crippen LogP contribution is -2.42. The van der Waals surface area contributed by atoms with E-state index in [0.717, 1.165) is 0 Å². The van der Waals surface area contributed by atoms with Gasteiger partial charge in [-0.2, -0.15) is 0 Å². The molecule has 0 spiro atoms. The van der Waals surface area contributed by atoms with Crippen molar-refractivity contribution in [1.82, 2.24) is 9.13 Å². The summed E-state index contributed by atoms with van der Waals surface area (Å²) < 4.78 is 15.7. The van der Waals surface area contributed by atoms with Crippen molar-refractivity contribution in [3.63, 3.8) is 0 Å². The number of anilines is 1. The van der Waals surface area contributed by atoms with Crippen LogP contribution in [0.5, 0.6) is 0 Å². The van der Waals surface area contributed by atoms with Crippen molar-refractivity contribution in [2.45, 2.75) is 33.9 Å². The van der Waals surface area contributed by atoms with Gasteiger partial charge in [-0.25, -0.2) is 9.18 Å². The molecule has 28 heavy (non-hydrogen) atoms. The van der Waals surface area contributed by atoms with Crippen molar-refractivity contribution >= 4 is 22.5 Å². The lowest BCUT2D eigenvalue weighted by molar-refractivity contribution is -0.116. The van der Waals surface area contributed by atoms with E-state index in [9.17, 15) is 18.8 Å². The summed E-state index contributed by atoms with van der Waals surface area (Å²) in [5, 5.41) is 3.08. The Morgan fingerprint density at radius 2 is 1.82 bits per heavy atom. The molecule has 0 radical (unpaired) electrons. The van der Waals surface area contributed by atoms with Crippen LogP contribution in [0, 0.1) is 18.7 Å². The Morgan fingerprint density at radius 1 is 1.11 bits per heavy atom. The first kappa shape index (κ1) is 19.5. The fourth-order valence-electron chi connectivity index (χ4n) is 3.15. The molecule has 0 aliphatic heterocycles. The van der Waals surface area contributed by atoms with Crippen molar-refractivity contribution in [2.24, 2.45) is 5.92 Å². The first-order valence-electron chi connectivity index (χ1n) is 9.06. The molecule has 0 aliphatic carbocycles. The molecule has 1 aromatic heterocycles. The van der Waals surface area contributed by atoms with Gasteiger partial charge in [0.25, 0.3) is 5.56 Å². The van der Waals surface area contributed by atoms with Crippen molar-refractivity contribution in [2.75, 3.05) is 5.32 Å². The summed E-state index contributed by atoms with van der Waals surface area (Å²) >= 11 is 0. The SMILES string of the molecule is Cc1cc(F)ccc1NC(=O)Cn1c(=O)n(CC(C)C)c(=O)c2ccccc21. The normalized spacial score (nSPS) is 11.2. The van der Waals surface area contributed by atoms with Crippen molar-refractivity contribution < 1.29 is 9.18 Å². The Hall–Kier alpha value is -3.22. The highest BCUT2D eigenvalue weighted by atomic mass is 19.1. The average Bonchev–Trinajstić information content (AvgIpc) is 2.64. The summed E-state index contributed by atoms with van der Waals surface area (Å²) in [6, 6.07) is 10.8. The van der Waals surface area contributed by atoms with Gasteiger partial charge in [0.05, 0.1) is 10.9 Å². The molecule has 0 fully saturated rings. The van der Waals surface area contributed by atoms with Crippen molar-refractivity contribution in [3.05, 3.63) is 74.7 Å². The molecule has 3 aromatic rings. The highest BCUT2D eigenvalue weighted by Gasteiger charge is 2.16. The lowest BCUT2D eigenvalue weighted by atomic mass is 10.2. The first-order valence-corrected chi connectivity index (χ1v) is 9.06. The molecule has 7 heteroatoms. The maximum absolute atomic E-state index is 13.3. The Bertz CT molecular complexity index is 1160. The monoisotopic (exact) mass is 383 g/mol. The van der Waals surface area contributed by atoms with Gasteiger partial charge in [-0.15, -0.1) is 0 Å². The van der Waals surface area contributed by atoms with Gasteiger partial charge in [-0.3, -0.25) is 18.7 Å². The molecule has 0 bridgehead atoms. The minimum absolute atomic E-state index is 0.0932. The molecule has 6 nitrogen and oxygen atoms in total. The van der Waals surface area contributed by atoms with Crippen LogP contribution in [0.25, 0.3) is 10.9 Å². The number of carbonyl (C=O) groups is 1. The van der Waals surface area contributed by atoms with Gasteiger partial charge in [0.1, 0.15) is 12.4 Å². The number of para-hydroxylation sites is 1. The van der Waals surface area contributed by atoms with E-state index in [-0.39, 0.29) is 24.6 Å². The predicted molar refractivity (Wildman–Crippen MR) is 107 cm³/mol. The van der Waals surface area contributed by atoms with E-state index in [2.05, 4.69) is 5.32 Å². The van der Waals surface area contributed by atoms with Crippen LogP contribution in [0.4, 0.5) is 10.1 Å². The van der Waals surface area contributed by atoms with Gasteiger partial charge < -0.3 is 5.32 Å². The maximum atomic E-state index is 13.3. The number of fused-ring (bicyclic) bond motifs is 1. The number of benzene rings is 2. The number of aryl methyl sites for hydroxylation is 1. The summed E-state index contributed by atoms with van der Waals surface area (Å²) in [5.74, 6) is -0.731. The Morgan fingerprint density at radius 3 is 2.50 bits per heavy atom. The summed E-state index contributed by atoms with van der Waals surface area (Å²) in [4.78, 5) is 38.2. The fourth-order valence-corrected chi connectivity index (χ4v) is 3.15. The molecular formula is C21H22FN3O3. The van der Waals surface area contributed by atoms with E-state index in [0.29, 0.717) is 22.2 Å².